The molecule has 0 atom stereocenters. The van der Waals surface area contributed by atoms with E-state index in [1.165, 1.54) is 11.3 Å². The summed E-state index contributed by atoms with van der Waals surface area (Å²) in [7, 11) is 0. The molecular formula is C14H20N2O2. The summed E-state index contributed by atoms with van der Waals surface area (Å²) in [4.78, 5) is 2.36. The van der Waals surface area contributed by atoms with E-state index in [-0.39, 0.29) is 5.79 Å². The first-order valence-electron chi connectivity index (χ1n) is 6.57. The minimum absolute atomic E-state index is 0.300. The highest BCUT2D eigenvalue weighted by atomic mass is 16.7. The van der Waals surface area contributed by atoms with Crippen LogP contribution in [0.3, 0.4) is 0 Å². The molecule has 0 bridgehead atoms. The maximum absolute atomic E-state index is 5.91. The molecule has 0 aromatic heterocycles. The maximum atomic E-state index is 5.91. The fourth-order valence-corrected chi connectivity index (χ4v) is 2.87. The Morgan fingerprint density at radius 3 is 2.39 bits per heavy atom. The molecule has 0 unspecified atom stereocenters. The third kappa shape index (κ3) is 2.18. The fourth-order valence-electron chi connectivity index (χ4n) is 2.87. The first kappa shape index (κ1) is 11.8. The van der Waals surface area contributed by atoms with Gasteiger partial charge in [0.15, 0.2) is 5.79 Å². The highest BCUT2D eigenvalue weighted by molar-refractivity contribution is 5.58. The van der Waals surface area contributed by atoms with Crippen LogP contribution in [0.5, 0.6) is 0 Å². The summed E-state index contributed by atoms with van der Waals surface area (Å²) in [6.45, 7) is 5.47. The number of ether oxygens (including phenoxy) is 2. The van der Waals surface area contributed by atoms with Crippen LogP contribution in [0.1, 0.15) is 18.4 Å². The third-order valence-corrected chi connectivity index (χ3v) is 3.79. The third-order valence-electron chi connectivity index (χ3n) is 3.79. The highest BCUT2D eigenvalue weighted by Crippen LogP contribution is 2.33. The van der Waals surface area contributed by atoms with Crippen molar-refractivity contribution in [1.29, 1.82) is 0 Å². The number of nitrogens with two attached hydrogens (primary N) is 1. The van der Waals surface area contributed by atoms with Gasteiger partial charge in [-0.25, -0.2) is 0 Å². The molecule has 1 spiro atoms. The van der Waals surface area contributed by atoms with Gasteiger partial charge in [-0.05, 0) is 30.7 Å². The van der Waals surface area contributed by atoms with Crippen LogP contribution in [0, 0.1) is 6.92 Å². The molecule has 1 aromatic rings. The minimum Gasteiger partial charge on any atom is -0.399 e. The van der Waals surface area contributed by atoms with Crippen molar-refractivity contribution in [1.82, 2.24) is 0 Å². The summed E-state index contributed by atoms with van der Waals surface area (Å²) in [6.07, 6.45) is 1.86. The molecular weight excluding hydrogens is 228 g/mol. The number of nitrogens with zero attached hydrogens (tertiary/aromatic N) is 1. The first-order valence-corrected chi connectivity index (χ1v) is 6.57. The van der Waals surface area contributed by atoms with E-state index in [0.29, 0.717) is 0 Å². The fraction of sp³-hybridized carbons (Fsp3) is 0.571. The van der Waals surface area contributed by atoms with E-state index in [9.17, 15) is 0 Å². The van der Waals surface area contributed by atoms with Crippen molar-refractivity contribution in [3.8, 4) is 0 Å². The van der Waals surface area contributed by atoms with E-state index in [4.69, 9.17) is 15.2 Å². The van der Waals surface area contributed by atoms with Gasteiger partial charge in [0.2, 0.25) is 0 Å². The Hall–Kier alpha value is -1.26. The van der Waals surface area contributed by atoms with Gasteiger partial charge in [0.25, 0.3) is 0 Å². The van der Waals surface area contributed by atoms with Gasteiger partial charge in [-0.15, -0.1) is 0 Å². The maximum Gasteiger partial charge on any atom is 0.171 e. The second-order valence-corrected chi connectivity index (χ2v) is 5.20. The van der Waals surface area contributed by atoms with Gasteiger partial charge in [-0.2, -0.15) is 0 Å². The van der Waals surface area contributed by atoms with Gasteiger partial charge in [0.1, 0.15) is 0 Å². The zero-order valence-electron chi connectivity index (χ0n) is 10.8. The van der Waals surface area contributed by atoms with Gasteiger partial charge in [-0.3, -0.25) is 0 Å². The van der Waals surface area contributed by atoms with Crippen LogP contribution in [0.4, 0.5) is 11.4 Å². The van der Waals surface area contributed by atoms with Gasteiger partial charge >= 0.3 is 0 Å². The minimum atomic E-state index is -0.300. The molecule has 0 amide bonds. The summed E-state index contributed by atoms with van der Waals surface area (Å²) in [6, 6.07) is 6.23. The van der Waals surface area contributed by atoms with Gasteiger partial charge in [0, 0.05) is 37.3 Å². The van der Waals surface area contributed by atoms with E-state index in [0.717, 1.165) is 44.8 Å². The van der Waals surface area contributed by atoms with Crippen molar-refractivity contribution in [2.75, 3.05) is 36.9 Å². The molecule has 0 radical (unpaired) electrons. The largest absolute Gasteiger partial charge is 0.399 e. The quantitative estimate of drug-likeness (QED) is 0.771. The van der Waals surface area contributed by atoms with Crippen LogP contribution in [-0.2, 0) is 9.47 Å². The molecule has 18 heavy (non-hydrogen) atoms. The van der Waals surface area contributed by atoms with E-state index in [1.54, 1.807) is 0 Å². The Morgan fingerprint density at radius 1 is 1.11 bits per heavy atom. The van der Waals surface area contributed by atoms with Crippen molar-refractivity contribution < 1.29 is 9.47 Å². The van der Waals surface area contributed by atoms with Crippen molar-refractivity contribution in [3.63, 3.8) is 0 Å². The smallest absolute Gasteiger partial charge is 0.171 e. The summed E-state index contributed by atoms with van der Waals surface area (Å²) in [5, 5.41) is 0. The second kappa shape index (κ2) is 4.44. The predicted molar refractivity (Wildman–Crippen MR) is 71.7 cm³/mol. The SMILES string of the molecule is Cc1cc(N)cc(N2CCC3(CC2)OCCO3)c1. The molecule has 1 aromatic carbocycles. The number of hydrogen-bond acceptors (Lipinski definition) is 4. The number of rotatable bonds is 1. The van der Waals surface area contributed by atoms with Crippen molar-refractivity contribution in [3.05, 3.63) is 23.8 Å². The molecule has 98 valence electrons. The second-order valence-electron chi connectivity index (χ2n) is 5.20. The molecule has 4 heteroatoms. The molecule has 0 aliphatic carbocycles. The molecule has 2 aliphatic rings. The summed E-state index contributed by atoms with van der Waals surface area (Å²) in [5.41, 5.74) is 9.15. The molecule has 2 aliphatic heterocycles. The van der Waals surface area contributed by atoms with Gasteiger partial charge < -0.3 is 20.1 Å². The number of nitrogen functional groups attached to an aromatic ring is 1. The number of aryl methyl sites for hydroxylation is 1. The normalized spacial score (nSPS) is 22.6. The average Bonchev–Trinajstić information content (AvgIpc) is 2.77. The molecule has 2 N–H and O–H groups in total. The lowest BCUT2D eigenvalue weighted by Crippen LogP contribution is -2.45. The summed E-state index contributed by atoms with van der Waals surface area (Å²) in [5.74, 6) is -0.300. The van der Waals surface area contributed by atoms with Crippen molar-refractivity contribution in [2.45, 2.75) is 25.6 Å². The zero-order valence-corrected chi connectivity index (χ0v) is 10.8. The topological polar surface area (TPSA) is 47.7 Å². The Kier molecular flexibility index (Phi) is 2.92. The number of hydrogen-bond donors (Lipinski definition) is 1. The first-order chi connectivity index (χ1) is 8.67. The number of piperidine rings is 1. The van der Waals surface area contributed by atoms with Crippen LogP contribution in [0.15, 0.2) is 18.2 Å². The van der Waals surface area contributed by atoms with E-state index in [2.05, 4.69) is 17.9 Å². The molecule has 4 nitrogen and oxygen atoms in total. The predicted octanol–water partition coefficient (Wildman–Crippen LogP) is 1.92. The van der Waals surface area contributed by atoms with E-state index < -0.39 is 0 Å². The standard InChI is InChI=1S/C14H20N2O2/c1-11-8-12(15)10-13(9-11)16-4-2-14(3-5-16)17-6-7-18-14/h8-10H,2-7,15H2,1H3. The van der Waals surface area contributed by atoms with Crippen molar-refractivity contribution >= 4 is 11.4 Å². The van der Waals surface area contributed by atoms with Crippen LogP contribution >= 0.6 is 0 Å². The molecule has 2 heterocycles. The average molecular weight is 248 g/mol. The lowest BCUT2D eigenvalue weighted by atomic mass is 10.0. The van der Waals surface area contributed by atoms with E-state index >= 15 is 0 Å². The molecule has 0 saturated carbocycles. The van der Waals surface area contributed by atoms with Crippen LogP contribution in [0.25, 0.3) is 0 Å². The number of benzene rings is 1. The molecule has 2 saturated heterocycles. The summed E-state index contributed by atoms with van der Waals surface area (Å²) >= 11 is 0. The van der Waals surface area contributed by atoms with Crippen LogP contribution < -0.4 is 10.6 Å². The van der Waals surface area contributed by atoms with Crippen LogP contribution in [0.2, 0.25) is 0 Å². The molecule has 2 fully saturated rings. The lowest BCUT2D eigenvalue weighted by Gasteiger charge is -2.38. The van der Waals surface area contributed by atoms with Crippen molar-refractivity contribution in [2.24, 2.45) is 0 Å². The number of anilines is 2. The Balaban J connectivity index is 1.72. The van der Waals surface area contributed by atoms with Gasteiger partial charge in [-0.1, -0.05) is 0 Å². The Morgan fingerprint density at radius 2 is 1.78 bits per heavy atom. The molecule has 3 rings (SSSR count). The highest BCUT2D eigenvalue weighted by Gasteiger charge is 2.39. The monoisotopic (exact) mass is 248 g/mol. The Bertz CT molecular complexity index is 411. The van der Waals surface area contributed by atoms with E-state index in [1.807, 2.05) is 12.1 Å². The summed E-state index contributed by atoms with van der Waals surface area (Å²) < 4.78 is 11.5. The van der Waals surface area contributed by atoms with Gasteiger partial charge in [0.05, 0.1) is 13.2 Å². The zero-order chi connectivity index (χ0) is 12.6. The lowest BCUT2D eigenvalue weighted by molar-refractivity contribution is -0.169. The Labute approximate surface area is 108 Å². The van der Waals surface area contributed by atoms with Crippen LogP contribution in [-0.4, -0.2) is 32.1 Å².